The summed E-state index contributed by atoms with van der Waals surface area (Å²) < 4.78 is 36.8. The first-order valence-corrected chi connectivity index (χ1v) is 5.90. The summed E-state index contributed by atoms with van der Waals surface area (Å²) in [5, 5.41) is 1.44. The molecule has 0 bridgehead atoms. The molecule has 0 aromatic heterocycles. The van der Waals surface area contributed by atoms with Crippen molar-refractivity contribution in [3.8, 4) is 0 Å². The number of hydrogen-bond acceptors (Lipinski definition) is 1. The highest BCUT2D eigenvalue weighted by molar-refractivity contribution is 6.33. The van der Waals surface area contributed by atoms with Gasteiger partial charge in [0.15, 0.2) is 0 Å². The van der Waals surface area contributed by atoms with Crippen molar-refractivity contribution in [2.75, 3.05) is 5.32 Å². The van der Waals surface area contributed by atoms with Crippen molar-refractivity contribution in [2.45, 2.75) is 24.4 Å². The average molecular weight is 298 g/mol. The number of nitrogens with one attached hydrogen (secondary N) is 1. The van der Waals surface area contributed by atoms with E-state index in [9.17, 15) is 18.0 Å². The fraction of sp³-hybridized carbons (Fsp3) is 0.364. The zero-order valence-corrected chi connectivity index (χ0v) is 10.5. The second kappa shape index (κ2) is 4.63. The molecule has 2 rings (SSSR count). The lowest BCUT2D eigenvalue weighted by molar-refractivity contribution is -0.134. The van der Waals surface area contributed by atoms with Crippen LogP contribution in [-0.4, -0.2) is 12.1 Å². The topological polar surface area (TPSA) is 29.1 Å². The predicted octanol–water partition coefficient (Wildman–Crippen LogP) is 4.07. The molecule has 0 saturated carbocycles. The number of carbonyl (C=O) groups excluding carboxylic acids is 1. The van der Waals surface area contributed by atoms with Gasteiger partial charge in [0, 0.05) is 10.7 Å². The number of fused-ring (bicyclic) bond motifs is 1. The molecule has 0 spiro atoms. The molecule has 0 fully saturated rings. The van der Waals surface area contributed by atoms with Crippen molar-refractivity contribution in [1.29, 1.82) is 0 Å². The van der Waals surface area contributed by atoms with Gasteiger partial charge in [-0.3, -0.25) is 4.79 Å². The quantitative estimate of drug-likeness (QED) is 0.819. The summed E-state index contributed by atoms with van der Waals surface area (Å²) in [4.78, 5) is 11.2. The Hall–Kier alpha value is -0.940. The molecular formula is C11H8Cl2F3NO. The largest absolute Gasteiger partial charge is 0.390 e. The van der Waals surface area contributed by atoms with Gasteiger partial charge >= 0.3 is 6.18 Å². The molecule has 1 aromatic rings. The average Bonchev–Trinajstić information content (AvgIpc) is 2.53. The van der Waals surface area contributed by atoms with Crippen LogP contribution in [0.15, 0.2) is 12.1 Å². The Morgan fingerprint density at radius 3 is 2.67 bits per heavy atom. The van der Waals surface area contributed by atoms with E-state index >= 15 is 0 Å². The molecule has 1 N–H and O–H groups in total. The number of halogens is 5. The van der Waals surface area contributed by atoms with Crippen LogP contribution in [0.2, 0.25) is 5.02 Å². The summed E-state index contributed by atoms with van der Waals surface area (Å²) >= 11 is 11.6. The minimum absolute atomic E-state index is 0.125. The Balaban J connectivity index is 2.30. The Kier molecular flexibility index (Phi) is 3.47. The maximum atomic E-state index is 12.3. The van der Waals surface area contributed by atoms with E-state index < -0.39 is 18.0 Å². The van der Waals surface area contributed by atoms with Crippen molar-refractivity contribution in [3.63, 3.8) is 0 Å². The molecule has 1 aromatic carbocycles. The maximum absolute atomic E-state index is 12.3. The van der Waals surface area contributed by atoms with Gasteiger partial charge in [0.05, 0.1) is 18.2 Å². The highest BCUT2D eigenvalue weighted by atomic mass is 35.5. The second-order valence-corrected chi connectivity index (χ2v) is 4.98. The number of amides is 1. The molecule has 1 heterocycles. The van der Waals surface area contributed by atoms with Gasteiger partial charge in [0.25, 0.3) is 0 Å². The fourth-order valence-corrected chi connectivity index (χ4v) is 2.53. The Bertz CT molecular complexity index is 502. The van der Waals surface area contributed by atoms with Gasteiger partial charge < -0.3 is 5.32 Å². The molecule has 18 heavy (non-hydrogen) atoms. The van der Waals surface area contributed by atoms with Gasteiger partial charge in [0.1, 0.15) is 0 Å². The minimum atomic E-state index is -4.36. The summed E-state index contributed by atoms with van der Waals surface area (Å²) in [5.41, 5.74) is 1.35. The molecule has 7 heteroatoms. The zero-order chi connectivity index (χ0) is 13.5. The lowest BCUT2D eigenvalue weighted by Crippen LogP contribution is -2.11. The molecule has 0 radical (unpaired) electrons. The number of rotatable bonds is 2. The Morgan fingerprint density at radius 1 is 1.39 bits per heavy atom. The molecule has 98 valence electrons. The Labute approximate surface area is 111 Å². The van der Waals surface area contributed by atoms with E-state index in [4.69, 9.17) is 23.2 Å². The summed E-state index contributed by atoms with van der Waals surface area (Å²) in [7, 11) is 0. The number of carbonyl (C=O) groups is 1. The zero-order valence-electron chi connectivity index (χ0n) is 8.94. The maximum Gasteiger partial charge on any atom is 0.390 e. The normalized spacial score (nSPS) is 16.4. The van der Waals surface area contributed by atoms with E-state index in [-0.39, 0.29) is 22.9 Å². The smallest absolute Gasteiger partial charge is 0.325 e. The van der Waals surface area contributed by atoms with Gasteiger partial charge in [-0.25, -0.2) is 0 Å². The first-order valence-electron chi connectivity index (χ1n) is 5.09. The van der Waals surface area contributed by atoms with Crippen LogP contribution in [0.5, 0.6) is 0 Å². The minimum Gasteiger partial charge on any atom is -0.325 e. The van der Waals surface area contributed by atoms with Crippen LogP contribution in [0.1, 0.15) is 22.9 Å². The third-order valence-electron chi connectivity index (χ3n) is 2.60. The van der Waals surface area contributed by atoms with Gasteiger partial charge in [-0.1, -0.05) is 17.7 Å². The lowest BCUT2D eigenvalue weighted by Gasteiger charge is -2.15. The van der Waals surface area contributed by atoms with Crippen molar-refractivity contribution in [3.05, 3.63) is 28.3 Å². The number of hydrogen-bond donors (Lipinski definition) is 1. The number of anilines is 1. The highest BCUT2D eigenvalue weighted by Crippen LogP contribution is 2.40. The summed E-state index contributed by atoms with van der Waals surface area (Å²) in [6.07, 6.45) is -5.38. The first kappa shape index (κ1) is 13.5. The van der Waals surface area contributed by atoms with Crippen molar-refractivity contribution in [2.24, 2.45) is 0 Å². The molecule has 1 unspecified atom stereocenters. The van der Waals surface area contributed by atoms with Gasteiger partial charge in [-0.15, -0.1) is 11.6 Å². The Morgan fingerprint density at radius 2 is 2.06 bits per heavy atom. The SMILES string of the molecule is O=C1Cc2cc(C(Cl)CC(F)(F)F)c(Cl)cc2N1. The van der Waals surface area contributed by atoms with Crippen LogP contribution < -0.4 is 5.32 Å². The van der Waals surface area contributed by atoms with E-state index in [1.807, 2.05) is 0 Å². The van der Waals surface area contributed by atoms with Gasteiger partial charge in [-0.05, 0) is 17.2 Å². The lowest BCUT2D eigenvalue weighted by atomic mass is 10.0. The summed E-state index contributed by atoms with van der Waals surface area (Å²) in [6, 6.07) is 2.89. The highest BCUT2D eigenvalue weighted by Gasteiger charge is 2.33. The van der Waals surface area contributed by atoms with Gasteiger partial charge in [-0.2, -0.15) is 13.2 Å². The van der Waals surface area contributed by atoms with E-state index in [0.29, 0.717) is 11.3 Å². The third kappa shape index (κ3) is 2.90. The summed E-state index contributed by atoms with van der Waals surface area (Å²) in [5.74, 6) is -0.208. The molecule has 1 atom stereocenters. The summed E-state index contributed by atoms with van der Waals surface area (Å²) in [6.45, 7) is 0. The second-order valence-electron chi connectivity index (χ2n) is 4.04. The number of alkyl halides is 4. The van der Waals surface area contributed by atoms with E-state index in [1.54, 1.807) is 0 Å². The van der Waals surface area contributed by atoms with Crippen LogP contribution in [0.25, 0.3) is 0 Å². The third-order valence-corrected chi connectivity index (χ3v) is 3.31. The molecular weight excluding hydrogens is 290 g/mol. The molecule has 1 aliphatic rings. The van der Waals surface area contributed by atoms with E-state index in [0.717, 1.165) is 0 Å². The molecule has 2 nitrogen and oxygen atoms in total. The van der Waals surface area contributed by atoms with Crippen LogP contribution in [-0.2, 0) is 11.2 Å². The van der Waals surface area contributed by atoms with Crippen LogP contribution >= 0.6 is 23.2 Å². The van der Waals surface area contributed by atoms with Crippen LogP contribution in [0, 0.1) is 0 Å². The van der Waals surface area contributed by atoms with E-state index in [1.165, 1.54) is 12.1 Å². The number of benzene rings is 1. The van der Waals surface area contributed by atoms with Crippen molar-refractivity contribution >= 4 is 34.8 Å². The molecule has 0 aliphatic carbocycles. The molecule has 1 amide bonds. The van der Waals surface area contributed by atoms with Crippen molar-refractivity contribution < 1.29 is 18.0 Å². The molecule has 0 saturated heterocycles. The molecule has 1 aliphatic heterocycles. The van der Waals surface area contributed by atoms with Crippen molar-refractivity contribution in [1.82, 2.24) is 0 Å². The monoisotopic (exact) mass is 297 g/mol. The fourth-order valence-electron chi connectivity index (χ4n) is 1.82. The standard InChI is InChI=1S/C11H8Cl2F3NO/c12-7-3-9-5(2-10(18)17-9)1-6(7)8(13)4-11(14,15)16/h1,3,8H,2,4H2,(H,17,18). The van der Waals surface area contributed by atoms with Crippen LogP contribution in [0.3, 0.4) is 0 Å². The predicted molar refractivity (Wildman–Crippen MR) is 63.1 cm³/mol. The van der Waals surface area contributed by atoms with Gasteiger partial charge in [0.2, 0.25) is 5.91 Å². The van der Waals surface area contributed by atoms with E-state index in [2.05, 4.69) is 5.32 Å². The van der Waals surface area contributed by atoms with Crippen LogP contribution in [0.4, 0.5) is 18.9 Å². The first-order chi connectivity index (χ1) is 8.26.